The van der Waals surface area contributed by atoms with Crippen LogP contribution in [0.4, 0.5) is 4.39 Å². The molecule has 0 spiro atoms. The first-order valence-corrected chi connectivity index (χ1v) is 22.0. The number of aryl methyl sites for hydroxylation is 1. The summed E-state index contributed by atoms with van der Waals surface area (Å²) in [5.74, 6) is 6.78. The molecule has 0 fully saturated rings. The van der Waals surface area contributed by atoms with Gasteiger partial charge in [0.2, 0.25) is 0 Å². The third kappa shape index (κ3) is 6.89. The van der Waals surface area contributed by atoms with E-state index in [0.29, 0.717) is 21.7 Å². The van der Waals surface area contributed by atoms with Gasteiger partial charge in [-0.25, -0.2) is 9.37 Å². The van der Waals surface area contributed by atoms with E-state index in [4.69, 9.17) is 4.11 Å². The number of pyridine rings is 3. The van der Waals surface area contributed by atoms with Crippen LogP contribution in [0.15, 0.2) is 109 Å². The number of rotatable bonds is 4. The van der Waals surface area contributed by atoms with Crippen LogP contribution in [0.2, 0.25) is 17.3 Å². The van der Waals surface area contributed by atoms with Gasteiger partial charge in [0.05, 0.1) is 0 Å². The Bertz CT molecular complexity index is 2130. The fourth-order valence-electron chi connectivity index (χ4n) is 4.76. The molecule has 0 saturated heterocycles. The molecule has 0 saturated carbocycles. The maximum Gasteiger partial charge on any atom is 0 e. The molecule has 4 heterocycles. The predicted molar refractivity (Wildman–Crippen MR) is 181 cm³/mol. The first-order chi connectivity index (χ1) is 22.0. The van der Waals surface area contributed by atoms with Crippen molar-refractivity contribution < 1.29 is 28.6 Å². The number of thiophene rings is 1. The van der Waals surface area contributed by atoms with Crippen LogP contribution >= 0.6 is 11.3 Å². The average molecular weight is 836 g/mol. The van der Waals surface area contributed by atoms with Crippen LogP contribution in [0.1, 0.15) is 9.81 Å². The second kappa shape index (κ2) is 13.6. The van der Waals surface area contributed by atoms with E-state index in [1.807, 2.05) is 66.9 Å². The van der Waals surface area contributed by atoms with Gasteiger partial charge in [-0.2, -0.15) is 11.3 Å². The van der Waals surface area contributed by atoms with E-state index >= 15 is 0 Å². The minimum absolute atomic E-state index is 0. The van der Waals surface area contributed by atoms with Crippen molar-refractivity contribution in [3.8, 4) is 33.6 Å². The first-order valence-electron chi connectivity index (χ1n) is 15.4. The molecule has 0 bridgehead atoms. The van der Waals surface area contributed by atoms with Crippen molar-refractivity contribution in [3.05, 3.63) is 133 Å². The molecule has 4 aromatic heterocycles. The van der Waals surface area contributed by atoms with Crippen LogP contribution in [0.5, 0.6) is 0 Å². The molecule has 0 unspecified atom stereocenters. The Morgan fingerprint density at radius 3 is 2.27 bits per heavy atom. The quantitative estimate of drug-likeness (QED) is 0.131. The number of fused-ring (bicyclic) bond motifs is 3. The number of nitrogens with zero attached hydrogens (tertiary/aromatic N) is 3. The summed E-state index contributed by atoms with van der Waals surface area (Å²) < 4.78 is 40.0. The van der Waals surface area contributed by atoms with Gasteiger partial charge in [-0.3, -0.25) is 0 Å². The monoisotopic (exact) mass is 837 g/mol. The number of hydrogen-bond donors (Lipinski definition) is 0. The summed E-state index contributed by atoms with van der Waals surface area (Å²) in [7, 11) is 0. The van der Waals surface area contributed by atoms with Gasteiger partial charge >= 0.3 is 99.8 Å². The van der Waals surface area contributed by atoms with Crippen molar-refractivity contribution in [3.63, 3.8) is 0 Å². The van der Waals surface area contributed by atoms with E-state index in [2.05, 4.69) is 56.5 Å². The van der Waals surface area contributed by atoms with Gasteiger partial charge < -0.3 is 4.98 Å². The Morgan fingerprint density at radius 1 is 0.795 bits per heavy atom. The summed E-state index contributed by atoms with van der Waals surface area (Å²) in [5.41, 5.74) is 4.48. The summed E-state index contributed by atoms with van der Waals surface area (Å²) in [4.78, 5) is 14.0. The normalized spacial score (nSPS) is 12.4. The van der Waals surface area contributed by atoms with Crippen molar-refractivity contribution in [2.24, 2.45) is 0 Å². The zero-order valence-corrected chi connectivity index (χ0v) is 29.7. The van der Waals surface area contributed by atoms with Gasteiger partial charge in [-0.15, -0.1) is 23.8 Å². The summed E-state index contributed by atoms with van der Waals surface area (Å²) >= 11 is -0.351. The fraction of sp³-hybridized carbons (Fsp3) is 0.108. The molecule has 0 aliphatic carbocycles. The minimum Gasteiger partial charge on any atom is 0 e. The van der Waals surface area contributed by atoms with Crippen LogP contribution in [0.25, 0.3) is 53.9 Å². The molecule has 0 aliphatic heterocycles. The molecule has 3 nitrogen and oxygen atoms in total. The molecule has 221 valence electrons. The Balaban J connectivity index is 0.000000217. The Morgan fingerprint density at radius 2 is 1.59 bits per heavy atom. The Hall–Kier alpha value is -3.55. The van der Waals surface area contributed by atoms with Crippen molar-refractivity contribution in [2.75, 3.05) is 0 Å². The van der Waals surface area contributed by atoms with E-state index in [9.17, 15) is 4.39 Å². The van der Waals surface area contributed by atoms with E-state index in [1.165, 1.54) is 34.1 Å². The molecular weight excluding hydrogens is 802 g/mol. The van der Waals surface area contributed by atoms with E-state index in [0.717, 1.165) is 32.3 Å². The largest absolute Gasteiger partial charge is 0 e. The molecule has 0 atom stereocenters. The molecule has 3 aromatic carbocycles. The second-order valence-corrected chi connectivity index (χ2v) is 22.8. The zero-order chi connectivity index (χ0) is 32.5. The number of aromatic nitrogens is 3. The van der Waals surface area contributed by atoms with Gasteiger partial charge in [0.15, 0.2) is 0 Å². The van der Waals surface area contributed by atoms with Gasteiger partial charge in [0.1, 0.15) is 10.6 Å². The molecule has 7 rings (SSSR count). The Labute approximate surface area is 282 Å². The zero-order valence-electron chi connectivity index (χ0n) is 27.4. The van der Waals surface area contributed by atoms with Crippen molar-refractivity contribution >= 4 is 49.3 Å². The van der Waals surface area contributed by atoms with Crippen LogP contribution in [0, 0.1) is 24.8 Å². The average Bonchev–Trinajstić information content (AvgIpc) is 3.43. The molecular formula is C37H30FGeIrN3S-2. The third-order valence-electron chi connectivity index (χ3n) is 7.11. The van der Waals surface area contributed by atoms with Crippen molar-refractivity contribution in [2.45, 2.75) is 24.1 Å². The molecule has 0 N–H and O–H groups in total. The third-order valence-corrected chi connectivity index (χ3v) is 12.5. The van der Waals surface area contributed by atoms with Gasteiger partial charge in [-0.05, 0) is 40.3 Å². The first kappa shape index (κ1) is 28.0. The summed E-state index contributed by atoms with van der Waals surface area (Å²) in [6.07, 6.45) is 3.57. The summed E-state index contributed by atoms with van der Waals surface area (Å²) in [6, 6.07) is 36.3. The number of hydrogen-bond acceptors (Lipinski definition) is 4. The van der Waals surface area contributed by atoms with Crippen LogP contribution < -0.4 is 4.40 Å². The van der Waals surface area contributed by atoms with Gasteiger partial charge in [0, 0.05) is 41.7 Å². The molecule has 44 heavy (non-hydrogen) atoms. The minimum atomic E-state index is -2.27. The van der Waals surface area contributed by atoms with Crippen molar-refractivity contribution in [1.82, 2.24) is 15.0 Å². The van der Waals surface area contributed by atoms with Crippen LogP contribution in [-0.2, 0) is 20.1 Å². The fourth-order valence-corrected chi connectivity index (χ4v) is 8.11. The molecule has 7 heteroatoms. The Kier molecular flexibility index (Phi) is 8.65. The van der Waals surface area contributed by atoms with E-state index < -0.39 is 20.1 Å². The SMILES string of the molecule is [2H]C([2H])([2H])c1ccc2c(n1)sc1c(-c3cc(F)c(-c4ccccc4)cn3)[c-]ccc12.[CH3][Ge]([CH3])([CH3])[c]1ccc(-c2[c-]cccc2)nc1.[Ir]. The number of halogens is 1. The smallest absolute Gasteiger partial charge is 0 e. The molecule has 7 aromatic rings. The van der Waals surface area contributed by atoms with Crippen LogP contribution in [-0.4, -0.2) is 28.2 Å². The summed E-state index contributed by atoms with van der Waals surface area (Å²) in [6.45, 7) is -2.27. The van der Waals surface area contributed by atoms with E-state index in [1.54, 1.807) is 12.1 Å². The molecule has 0 amide bonds. The topological polar surface area (TPSA) is 38.7 Å². The van der Waals surface area contributed by atoms with Crippen molar-refractivity contribution in [1.29, 1.82) is 0 Å². The molecule has 1 radical (unpaired) electrons. The van der Waals surface area contributed by atoms with Crippen LogP contribution in [0.3, 0.4) is 0 Å². The summed E-state index contributed by atoms with van der Waals surface area (Å²) in [5, 5.41) is 1.78. The maximum atomic E-state index is 14.9. The van der Waals surface area contributed by atoms with Gasteiger partial charge in [-0.1, -0.05) is 41.8 Å². The van der Waals surface area contributed by atoms with E-state index in [-0.39, 0.29) is 31.6 Å². The molecule has 0 aliphatic rings. The maximum absolute atomic E-state index is 14.9. The van der Waals surface area contributed by atoms with Gasteiger partial charge in [0.25, 0.3) is 0 Å². The predicted octanol–water partition coefficient (Wildman–Crippen LogP) is 9.52. The second-order valence-electron chi connectivity index (χ2n) is 11.1. The standard InChI is InChI=1S/C23H14FN2S.C14H16GeN.Ir/c1-14-10-11-17-16-8-5-9-18(22(16)27-23(17)26-14)21-12-20(24)19(13-25-21)15-6-3-2-4-7-15;1-15(2,3)13-9-10-14(16-11-13)12-7-5-4-6-8-12;/h2-8,10-13H,1H3;4-7,9-11H,1-3H3;/q2*-1;/i1D3;;. The number of benzene rings is 3.